The molecule has 8 nitrogen and oxygen atoms in total. The summed E-state index contributed by atoms with van der Waals surface area (Å²) in [6.07, 6.45) is 0. The molecule has 4 rings (SSSR count). The van der Waals surface area contributed by atoms with E-state index in [1.165, 1.54) is 24.3 Å². The van der Waals surface area contributed by atoms with Gasteiger partial charge in [-0.25, -0.2) is 9.37 Å². The largest absolute Gasteiger partial charge is 0.351 e. The second-order valence-corrected chi connectivity index (χ2v) is 9.21. The van der Waals surface area contributed by atoms with E-state index in [2.05, 4.69) is 20.9 Å². The second-order valence-electron chi connectivity index (χ2n) is 8.21. The third-order valence-electron chi connectivity index (χ3n) is 5.63. The maximum absolute atomic E-state index is 13.2. The van der Waals surface area contributed by atoms with Crippen molar-refractivity contribution >= 4 is 34.2 Å². The van der Waals surface area contributed by atoms with E-state index >= 15 is 0 Å². The van der Waals surface area contributed by atoms with Crippen LogP contribution in [0.3, 0.4) is 0 Å². The fourth-order valence-electron chi connectivity index (χ4n) is 3.59. The molecule has 3 amide bonds. The van der Waals surface area contributed by atoms with Crippen molar-refractivity contribution in [3.05, 3.63) is 70.9 Å². The van der Waals surface area contributed by atoms with Gasteiger partial charge in [-0.2, -0.15) is 0 Å². The number of rotatable bonds is 7. The number of thiazole rings is 1. The molecule has 1 aromatic heterocycles. The van der Waals surface area contributed by atoms with Crippen molar-refractivity contribution in [1.29, 1.82) is 0 Å². The Morgan fingerprint density at radius 3 is 2.46 bits per heavy atom. The van der Waals surface area contributed by atoms with Crippen molar-refractivity contribution in [3.63, 3.8) is 0 Å². The van der Waals surface area contributed by atoms with Gasteiger partial charge >= 0.3 is 0 Å². The third kappa shape index (κ3) is 6.09. The Labute approximate surface area is 206 Å². The molecule has 10 heteroatoms. The van der Waals surface area contributed by atoms with Crippen molar-refractivity contribution < 1.29 is 18.8 Å². The average molecular weight is 496 g/mol. The van der Waals surface area contributed by atoms with Crippen LogP contribution in [-0.4, -0.2) is 60.3 Å². The van der Waals surface area contributed by atoms with Crippen LogP contribution < -0.4 is 16.0 Å². The molecule has 1 fully saturated rings. The number of hydrogen-bond donors (Lipinski definition) is 3. The first-order valence-electron chi connectivity index (χ1n) is 11.3. The maximum Gasteiger partial charge on any atom is 0.266 e. The van der Waals surface area contributed by atoms with Gasteiger partial charge in [-0.15, -0.1) is 0 Å². The molecule has 1 aliphatic rings. The summed E-state index contributed by atoms with van der Waals surface area (Å²) < 4.78 is 13.1. The van der Waals surface area contributed by atoms with E-state index in [9.17, 15) is 18.8 Å². The molecule has 0 spiro atoms. The number of carbonyl (C=O) groups is 3. The predicted molar refractivity (Wildman–Crippen MR) is 133 cm³/mol. The Balaban J connectivity index is 1.45. The SMILES string of the molecule is CC(CNC(=O)c1ccc(F)cc1)C(=O)Nc1nc(-c2ccccc2)c(C(=O)N2CCNCC2)s1. The molecule has 1 aliphatic heterocycles. The molecule has 0 radical (unpaired) electrons. The number of benzene rings is 2. The molecule has 182 valence electrons. The zero-order valence-electron chi connectivity index (χ0n) is 19.2. The lowest BCUT2D eigenvalue weighted by Gasteiger charge is -2.27. The van der Waals surface area contributed by atoms with Crippen LogP contribution in [0.1, 0.15) is 27.0 Å². The van der Waals surface area contributed by atoms with Crippen molar-refractivity contribution in [2.75, 3.05) is 38.0 Å². The first-order chi connectivity index (χ1) is 16.9. The number of nitrogens with one attached hydrogen (secondary N) is 3. The van der Waals surface area contributed by atoms with Crippen LogP contribution >= 0.6 is 11.3 Å². The smallest absolute Gasteiger partial charge is 0.266 e. The molecular formula is C25H26FN5O3S. The molecule has 1 atom stereocenters. The van der Waals surface area contributed by atoms with Gasteiger partial charge in [0, 0.05) is 43.9 Å². The van der Waals surface area contributed by atoms with E-state index in [0.717, 1.165) is 30.0 Å². The summed E-state index contributed by atoms with van der Waals surface area (Å²) in [7, 11) is 0. The van der Waals surface area contributed by atoms with Crippen LogP contribution in [0.5, 0.6) is 0 Å². The van der Waals surface area contributed by atoms with Crippen molar-refractivity contribution in [2.45, 2.75) is 6.92 Å². The molecule has 3 N–H and O–H groups in total. The first-order valence-corrected chi connectivity index (χ1v) is 12.1. The van der Waals surface area contributed by atoms with E-state index in [-0.39, 0.29) is 18.4 Å². The lowest BCUT2D eigenvalue weighted by atomic mass is 10.1. The zero-order chi connectivity index (χ0) is 24.8. The Kier molecular flexibility index (Phi) is 7.84. The average Bonchev–Trinajstić information content (AvgIpc) is 3.31. The number of piperazine rings is 1. The monoisotopic (exact) mass is 495 g/mol. The quantitative estimate of drug-likeness (QED) is 0.468. The van der Waals surface area contributed by atoms with Crippen LogP contribution in [-0.2, 0) is 4.79 Å². The van der Waals surface area contributed by atoms with E-state index in [4.69, 9.17) is 0 Å². The topological polar surface area (TPSA) is 103 Å². The van der Waals surface area contributed by atoms with Crippen LogP contribution in [0.2, 0.25) is 0 Å². The molecule has 2 heterocycles. The van der Waals surface area contributed by atoms with Crippen LogP contribution in [0.15, 0.2) is 54.6 Å². The molecule has 35 heavy (non-hydrogen) atoms. The predicted octanol–water partition coefficient (Wildman–Crippen LogP) is 3.00. The fraction of sp³-hybridized carbons (Fsp3) is 0.280. The number of halogens is 1. The van der Waals surface area contributed by atoms with Crippen molar-refractivity contribution in [1.82, 2.24) is 20.5 Å². The number of aromatic nitrogens is 1. The van der Waals surface area contributed by atoms with Crippen molar-refractivity contribution in [2.24, 2.45) is 5.92 Å². The minimum atomic E-state index is -0.559. The summed E-state index contributed by atoms with van der Waals surface area (Å²) in [6.45, 7) is 4.45. The third-order valence-corrected chi connectivity index (χ3v) is 6.58. The van der Waals surface area contributed by atoms with E-state index in [1.54, 1.807) is 11.8 Å². The van der Waals surface area contributed by atoms with Gasteiger partial charge in [0.15, 0.2) is 5.13 Å². The maximum atomic E-state index is 13.2. The molecule has 3 aromatic rings. The number of nitrogens with zero attached hydrogens (tertiary/aromatic N) is 2. The minimum Gasteiger partial charge on any atom is -0.351 e. The molecule has 0 saturated carbocycles. The molecule has 0 aliphatic carbocycles. The van der Waals surface area contributed by atoms with Gasteiger partial charge in [0.25, 0.3) is 11.8 Å². The Morgan fingerprint density at radius 2 is 1.77 bits per heavy atom. The Bertz CT molecular complexity index is 1190. The van der Waals surface area contributed by atoms with E-state index in [1.807, 2.05) is 30.3 Å². The highest BCUT2D eigenvalue weighted by molar-refractivity contribution is 7.18. The highest BCUT2D eigenvalue weighted by Crippen LogP contribution is 2.32. The Morgan fingerprint density at radius 1 is 1.09 bits per heavy atom. The highest BCUT2D eigenvalue weighted by atomic mass is 32.1. The number of anilines is 1. The lowest BCUT2D eigenvalue weighted by molar-refractivity contribution is -0.119. The summed E-state index contributed by atoms with van der Waals surface area (Å²) in [5.74, 6) is -1.82. The van der Waals surface area contributed by atoms with Gasteiger partial charge in [-0.05, 0) is 24.3 Å². The first kappa shape index (κ1) is 24.5. The molecule has 2 aromatic carbocycles. The van der Waals surface area contributed by atoms with Crippen molar-refractivity contribution in [3.8, 4) is 11.3 Å². The van der Waals surface area contributed by atoms with Gasteiger partial charge in [-0.1, -0.05) is 48.6 Å². The normalized spacial score (nSPS) is 14.3. The summed E-state index contributed by atoms with van der Waals surface area (Å²) in [6, 6.07) is 14.6. The van der Waals surface area contributed by atoms with Gasteiger partial charge in [0.2, 0.25) is 5.91 Å². The molecule has 0 bridgehead atoms. The summed E-state index contributed by atoms with van der Waals surface area (Å²) in [5.41, 5.74) is 1.64. The van der Waals surface area contributed by atoms with Gasteiger partial charge < -0.3 is 20.9 Å². The van der Waals surface area contributed by atoms with Gasteiger partial charge in [0.05, 0.1) is 11.6 Å². The summed E-state index contributed by atoms with van der Waals surface area (Å²) >= 11 is 1.15. The highest BCUT2D eigenvalue weighted by Gasteiger charge is 2.26. The fourth-order valence-corrected chi connectivity index (χ4v) is 4.55. The summed E-state index contributed by atoms with van der Waals surface area (Å²) in [4.78, 5) is 45.1. The second kappa shape index (κ2) is 11.2. The molecule has 1 saturated heterocycles. The van der Waals surface area contributed by atoms with E-state index < -0.39 is 17.6 Å². The standard InChI is InChI=1S/C25H26FN5O3S/c1-16(15-28-23(33)18-7-9-19(26)10-8-18)22(32)30-25-29-20(17-5-3-2-4-6-17)21(35-25)24(34)31-13-11-27-12-14-31/h2-10,16,27H,11-15H2,1H3,(H,28,33)(H,29,30,32). The van der Waals surface area contributed by atoms with Crippen LogP contribution in [0, 0.1) is 11.7 Å². The molecule has 1 unspecified atom stereocenters. The lowest BCUT2D eigenvalue weighted by Crippen LogP contribution is -2.46. The zero-order valence-corrected chi connectivity index (χ0v) is 20.0. The minimum absolute atomic E-state index is 0.0888. The number of carbonyl (C=O) groups excluding carboxylic acids is 3. The van der Waals surface area contributed by atoms with Gasteiger partial charge in [0.1, 0.15) is 10.7 Å². The van der Waals surface area contributed by atoms with Crippen LogP contribution in [0.4, 0.5) is 9.52 Å². The Hall–Kier alpha value is -3.63. The van der Waals surface area contributed by atoms with Gasteiger partial charge in [-0.3, -0.25) is 14.4 Å². The molecular weight excluding hydrogens is 469 g/mol. The number of hydrogen-bond acceptors (Lipinski definition) is 6. The van der Waals surface area contributed by atoms with E-state index in [0.29, 0.717) is 34.4 Å². The number of amides is 3. The van der Waals surface area contributed by atoms with Crippen LogP contribution in [0.25, 0.3) is 11.3 Å². The summed E-state index contributed by atoms with van der Waals surface area (Å²) in [5, 5.41) is 9.03.